The summed E-state index contributed by atoms with van der Waals surface area (Å²) in [5.74, 6) is 18.0. The van der Waals surface area contributed by atoms with Crippen LogP contribution in [0.15, 0.2) is 0 Å². The molecule has 0 unspecified atom stereocenters. The molecule has 2 nitrogen and oxygen atoms in total. The maximum Gasteiger partial charge on any atom is 0.217 e. The first-order valence-electron chi connectivity index (χ1n) is 8.42. The zero-order chi connectivity index (χ0) is 16.3. The van der Waals surface area contributed by atoms with Crippen molar-refractivity contribution in [2.45, 2.75) is 84.0 Å². The van der Waals surface area contributed by atoms with Crippen LogP contribution in [0.2, 0.25) is 0 Å². The molecule has 1 amide bonds. The van der Waals surface area contributed by atoms with E-state index in [1.807, 2.05) is 0 Å². The molecule has 0 aliphatic heterocycles. The maximum atomic E-state index is 10.5. The molecule has 0 spiro atoms. The minimum absolute atomic E-state index is 0.263. The highest BCUT2D eigenvalue weighted by Gasteiger charge is 1.90. The Balaban J connectivity index is 3.43. The second kappa shape index (κ2) is 17.2. The van der Waals surface area contributed by atoms with E-state index >= 15 is 0 Å². The molecule has 0 radical (unpaired) electrons. The topological polar surface area (TPSA) is 43.1 Å². The molecule has 0 saturated heterocycles. The maximum absolute atomic E-state index is 10.5. The summed E-state index contributed by atoms with van der Waals surface area (Å²) in [6.07, 6.45) is 11.9. The Kier molecular flexibility index (Phi) is 15.8. The van der Waals surface area contributed by atoms with Crippen LogP contribution in [0, 0.1) is 35.5 Å². The summed E-state index contributed by atoms with van der Waals surface area (Å²) in [6.45, 7) is 2.24. The van der Waals surface area contributed by atoms with E-state index < -0.39 is 0 Å². The average Bonchev–Trinajstić information content (AvgIpc) is 2.50. The van der Waals surface area contributed by atoms with Gasteiger partial charge in [-0.3, -0.25) is 4.79 Å². The largest absolute Gasteiger partial charge is 0.370 e. The Bertz CT molecular complexity index is 459. The Labute approximate surface area is 136 Å². The highest BCUT2D eigenvalue weighted by molar-refractivity contribution is 5.73. The summed E-state index contributed by atoms with van der Waals surface area (Å²) in [5.41, 5.74) is 5.04. The summed E-state index contributed by atoms with van der Waals surface area (Å²) in [5, 5.41) is 0. The molecule has 0 atom stereocenters. The van der Waals surface area contributed by atoms with Crippen molar-refractivity contribution in [3.63, 3.8) is 0 Å². The van der Waals surface area contributed by atoms with E-state index in [1.54, 1.807) is 0 Å². The monoisotopic (exact) mass is 299 g/mol. The van der Waals surface area contributed by atoms with Gasteiger partial charge >= 0.3 is 0 Å². The number of carbonyl (C=O) groups excluding carboxylic acids is 1. The smallest absolute Gasteiger partial charge is 0.217 e. The van der Waals surface area contributed by atoms with Gasteiger partial charge in [-0.15, -0.1) is 11.8 Å². The van der Waals surface area contributed by atoms with Crippen LogP contribution in [0.1, 0.15) is 84.0 Å². The molecule has 0 aliphatic carbocycles. The number of hydrogen-bond acceptors (Lipinski definition) is 1. The van der Waals surface area contributed by atoms with Gasteiger partial charge in [-0.05, 0) is 12.8 Å². The zero-order valence-electron chi connectivity index (χ0n) is 14.0. The van der Waals surface area contributed by atoms with Crippen LogP contribution in [-0.2, 0) is 4.79 Å². The number of rotatable bonds is 9. The van der Waals surface area contributed by atoms with Gasteiger partial charge in [0.2, 0.25) is 5.91 Å². The molecule has 0 aliphatic rings. The van der Waals surface area contributed by atoms with Crippen molar-refractivity contribution in [2.24, 2.45) is 5.73 Å². The molecule has 0 saturated carbocycles. The quantitative estimate of drug-likeness (QED) is 0.503. The lowest BCUT2D eigenvalue weighted by Gasteiger charge is -1.96. The first-order valence-corrected chi connectivity index (χ1v) is 8.42. The Morgan fingerprint density at radius 2 is 1.23 bits per heavy atom. The average molecular weight is 299 g/mol. The predicted octanol–water partition coefficient (Wildman–Crippen LogP) is 4.18. The first-order chi connectivity index (χ1) is 10.8. The summed E-state index contributed by atoms with van der Waals surface area (Å²) < 4.78 is 0. The van der Waals surface area contributed by atoms with E-state index in [0.717, 1.165) is 12.8 Å². The van der Waals surface area contributed by atoms with Gasteiger partial charge in [0.05, 0.1) is 12.8 Å². The molecule has 0 bridgehead atoms. The fourth-order valence-corrected chi connectivity index (χ4v) is 1.86. The third-order valence-electron chi connectivity index (χ3n) is 3.11. The highest BCUT2D eigenvalue weighted by atomic mass is 16.1. The van der Waals surface area contributed by atoms with E-state index in [2.05, 4.69) is 42.4 Å². The van der Waals surface area contributed by atoms with Crippen LogP contribution in [0.4, 0.5) is 0 Å². The number of nitrogens with two attached hydrogens (primary N) is 1. The van der Waals surface area contributed by atoms with Crippen molar-refractivity contribution in [3.8, 4) is 35.5 Å². The molecule has 2 N–H and O–H groups in total. The van der Waals surface area contributed by atoms with Crippen LogP contribution >= 0.6 is 0 Å². The van der Waals surface area contributed by atoms with Crippen molar-refractivity contribution in [2.75, 3.05) is 0 Å². The molecule has 0 rings (SSSR count). The van der Waals surface area contributed by atoms with Gasteiger partial charge in [0.15, 0.2) is 0 Å². The molecular formula is C20H29NO. The lowest BCUT2D eigenvalue weighted by Crippen LogP contribution is -2.09. The number of carbonyl (C=O) groups is 1. The van der Waals surface area contributed by atoms with E-state index in [0.29, 0.717) is 25.7 Å². The third-order valence-corrected chi connectivity index (χ3v) is 3.11. The number of amides is 1. The summed E-state index contributed by atoms with van der Waals surface area (Å²) in [4.78, 5) is 10.5. The van der Waals surface area contributed by atoms with Gasteiger partial charge in [-0.1, -0.05) is 62.7 Å². The van der Waals surface area contributed by atoms with Gasteiger partial charge in [-0.2, -0.15) is 0 Å². The van der Waals surface area contributed by atoms with Gasteiger partial charge in [-0.25, -0.2) is 0 Å². The Morgan fingerprint density at radius 3 is 1.82 bits per heavy atom. The summed E-state index contributed by atoms with van der Waals surface area (Å²) in [6, 6.07) is 0. The fourth-order valence-electron chi connectivity index (χ4n) is 1.86. The Morgan fingerprint density at radius 1 is 0.727 bits per heavy atom. The molecular weight excluding hydrogens is 270 g/mol. The summed E-state index contributed by atoms with van der Waals surface area (Å²) >= 11 is 0. The molecule has 2 heteroatoms. The molecule has 0 aromatic heterocycles. The van der Waals surface area contributed by atoms with Crippen molar-refractivity contribution >= 4 is 5.91 Å². The standard InChI is InChI=1S/C20H29NO/c1-2-3-4-5-6-7-8-9-10-11-12-13-14-15-16-17-18-19-20(21)22/h2-8,11,14,17-19H2,1H3,(H2,21,22). The van der Waals surface area contributed by atoms with Gasteiger partial charge in [0, 0.05) is 19.3 Å². The van der Waals surface area contributed by atoms with E-state index in [-0.39, 0.29) is 5.91 Å². The van der Waals surface area contributed by atoms with Crippen LogP contribution in [0.3, 0.4) is 0 Å². The second-order valence-corrected chi connectivity index (χ2v) is 5.25. The third kappa shape index (κ3) is 18.1. The van der Waals surface area contributed by atoms with Crippen LogP contribution in [-0.4, -0.2) is 5.91 Å². The lowest BCUT2D eigenvalue weighted by molar-refractivity contribution is -0.118. The molecule has 120 valence electrons. The number of primary amides is 1. The molecule has 22 heavy (non-hydrogen) atoms. The SMILES string of the molecule is CCCCCCCCC#CCC#CCC#CCCCC(N)=O. The highest BCUT2D eigenvalue weighted by Crippen LogP contribution is 2.06. The van der Waals surface area contributed by atoms with E-state index in [9.17, 15) is 4.79 Å². The lowest BCUT2D eigenvalue weighted by atomic mass is 10.1. The van der Waals surface area contributed by atoms with Gasteiger partial charge < -0.3 is 5.73 Å². The summed E-state index contributed by atoms with van der Waals surface area (Å²) in [7, 11) is 0. The minimum atomic E-state index is -0.263. The van der Waals surface area contributed by atoms with Crippen LogP contribution in [0.5, 0.6) is 0 Å². The van der Waals surface area contributed by atoms with E-state index in [4.69, 9.17) is 5.73 Å². The van der Waals surface area contributed by atoms with Crippen LogP contribution in [0.25, 0.3) is 0 Å². The number of hydrogen-bond donors (Lipinski definition) is 1. The second-order valence-electron chi connectivity index (χ2n) is 5.25. The fraction of sp³-hybridized carbons (Fsp3) is 0.650. The van der Waals surface area contributed by atoms with E-state index in [1.165, 1.54) is 38.5 Å². The van der Waals surface area contributed by atoms with Crippen molar-refractivity contribution in [1.29, 1.82) is 0 Å². The van der Waals surface area contributed by atoms with Gasteiger partial charge in [0.25, 0.3) is 0 Å². The molecule has 0 aromatic rings. The Hall–Kier alpha value is -1.85. The molecule has 0 aromatic carbocycles. The van der Waals surface area contributed by atoms with Crippen molar-refractivity contribution in [1.82, 2.24) is 0 Å². The zero-order valence-corrected chi connectivity index (χ0v) is 14.0. The van der Waals surface area contributed by atoms with Crippen molar-refractivity contribution < 1.29 is 4.79 Å². The van der Waals surface area contributed by atoms with Gasteiger partial charge in [0.1, 0.15) is 0 Å². The minimum Gasteiger partial charge on any atom is -0.370 e. The first kappa shape index (κ1) is 20.1. The predicted molar refractivity (Wildman–Crippen MR) is 93.6 cm³/mol. The van der Waals surface area contributed by atoms with Crippen molar-refractivity contribution in [3.05, 3.63) is 0 Å². The van der Waals surface area contributed by atoms with Crippen LogP contribution < -0.4 is 5.73 Å². The molecule has 0 heterocycles. The number of unbranched alkanes of at least 4 members (excludes halogenated alkanes) is 7. The molecule has 0 fully saturated rings. The normalized spacial score (nSPS) is 8.77.